The van der Waals surface area contributed by atoms with Gasteiger partial charge < -0.3 is 25.4 Å². The summed E-state index contributed by atoms with van der Waals surface area (Å²) in [7, 11) is 0. The molecule has 0 bridgehead atoms. The number of fused-ring (bicyclic) bond motifs is 1. The van der Waals surface area contributed by atoms with E-state index in [9.17, 15) is 9.59 Å². The number of benzene rings is 2. The maximum absolute atomic E-state index is 12.3. The van der Waals surface area contributed by atoms with Gasteiger partial charge in [-0.3, -0.25) is 9.59 Å². The topological polar surface area (TPSA) is 88.7 Å². The number of rotatable bonds is 7. The van der Waals surface area contributed by atoms with E-state index in [4.69, 9.17) is 9.47 Å². The Balaban J connectivity index is 1.80. The highest BCUT2D eigenvalue weighted by molar-refractivity contribution is 6.01. The fourth-order valence-corrected chi connectivity index (χ4v) is 2.86. The fourth-order valence-electron chi connectivity index (χ4n) is 2.86. The molecule has 0 spiro atoms. The summed E-state index contributed by atoms with van der Waals surface area (Å²) < 4.78 is 11.2. The number of carbonyl (C=O) groups excluding carboxylic acids is 2. The van der Waals surface area contributed by atoms with E-state index in [0.29, 0.717) is 30.2 Å². The fraction of sp³-hybridized carbons (Fsp3) is 0.300. The lowest BCUT2D eigenvalue weighted by Crippen LogP contribution is -2.38. The first-order valence-corrected chi connectivity index (χ1v) is 8.95. The molecular formula is C20H23N3O4. The molecule has 1 aliphatic heterocycles. The predicted octanol–water partition coefficient (Wildman–Crippen LogP) is 2.45. The lowest BCUT2D eigenvalue weighted by Gasteiger charge is -2.28. The molecule has 0 saturated carbocycles. The van der Waals surface area contributed by atoms with Gasteiger partial charge in [0.2, 0.25) is 0 Å². The minimum atomic E-state index is -0.385. The number of hydrogen-bond acceptors (Lipinski definition) is 5. The molecule has 3 N–H and O–H groups in total. The van der Waals surface area contributed by atoms with Gasteiger partial charge in [0.05, 0.1) is 12.2 Å². The Hall–Kier alpha value is -3.22. The molecule has 0 aromatic heterocycles. The van der Waals surface area contributed by atoms with Crippen molar-refractivity contribution in [1.82, 2.24) is 10.6 Å². The molecule has 1 heterocycles. The van der Waals surface area contributed by atoms with Crippen molar-refractivity contribution >= 4 is 17.5 Å². The van der Waals surface area contributed by atoms with E-state index in [1.807, 2.05) is 44.2 Å². The molecule has 0 saturated heterocycles. The molecule has 0 unspecified atom stereocenters. The van der Waals surface area contributed by atoms with Crippen LogP contribution in [0.4, 0.5) is 5.69 Å². The normalized spacial score (nSPS) is 15.2. The SMILES string of the molecule is CCNC(=O)COc1ccc([C@H]2NC(=O)c3ccccc3N2)cc1OCC. The van der Waals surface area contributed by atoms with Crippen LogP contribution in [0.25, 0.3) is 0 Å². The molecule has 1 aliphatic rings. The zero-order valence-corrected chi connectivity index (χ0v) is 15.4. The smallest absolute Gasteiger partial charge is 0.257 e. The maximum atomic E-state index is 12.3. The zero-order valence-electron chi connectivity index (χ0n) is 15.4. The van der Waals surface area contributed by atoms with E-state index in [1.54, 1.807) is 12.1 Å². The van der Waals surface area contributed by atoms with E-state index >= 15 is 0 Å². The van der Waals surface area contributed by atoms with Crippen LogP contribution in [0.5, 0.6) is 11.5 Å². The van der Waals surface area contributed by atoms with E-state index < -0.39 is 0 Å². The molecule has 0 radical (unpaired) electrons. The summed E-state index contributed by atoms with van der Waals surface area (Å²) in [5, 5.41) is 8.92. The van der Waals surface area contributed by atoms with Crippen LogP contribution in [-0.4, -0.2) is 31.6 Å². The van der Waals surface area contributed by atoms with E-state index in [0.717, 1.165) is 11.3 Å². The Bertz CT molecular complexity index is 838. The van der Waals surface area contributed by atoms with E-state index in [-0.39, 0.29) is 24.6 Å². The van der Waals surface area contributed by atoms with Crippen molar-refractivity contribution in [2.75, 3.05) is 25.1 Å². The highest BCUT2D eigenvalue weighted by Gasteiger charge is 2.25. The highest BCUT2D eigenvalue weighted by Crippen LogP contribution is 2.33. The van der Waals surface area contributed by atoms with Crippen molar-refractivity contribution < 1.29 is 19.1 Å². The Morgan fingerprint density at radius 1 is 1.07 bits per heavy atom. The van der Waals surface area contributed by atoms with Crippen LogP contribution in [0.1, 0.15) is 35.9 Å². The van der Waals surface area contributed by atoms with Crippen LogP contribution in [0.15, 0.2) is 42.5 Å². The van der Waals surface area contributed by atoms with Crippen molar-refractivity contribution in [3.05, 3.63) is 53.6 Å². The Morgan fingerprint density at radius 2 is 1.89 bits per heavy atom. The summed E-state index contributed by atoms with van der Waals surface area (Å²) in [5.41, 5.74) is 2.22. The first kappa shape index (κ1) is 18.6. The van der Waals surface area contributed by atoms with Gasteiger partial charge >= 0.3 is 0 Å². The molecule has 0 fully saturated rings. The van der Waals surface area contributed by atoms with Gasteiger partial charge in [-0.05, 0) is 43.7 Å². The summed E-state index contributed by atoms with van der Waals surface area (Å²) >= 11 is 0. The van der Waals surface area contributed by atoms with Crippen LogP contribution in [0, 0.1) is 0 Å². The van der Waals surface area contributed by atoms with E-state index in [1.165, 1.54) is 0 Å². The number of carbonyl (C=O) groups is 2. The second-order valence-electron chi connectivity index (χ2n) is 5.98. The predicted molar refractivity (Wildman–Crippen MR) is 102 cm³/mol. The molecule has 2 aromatic rings. The largest absolute Gasteiger partial charge is 0.490 e. The van der Waals surface area contributed by atoms with Crippen LogP contribution >= 0.6 is 0 Å². The molecule has 1 atom stereocenters. The van der Waals surface area contributed by atoms with Crippen molar-refractivity contribution in [2.24, 2.45) is 0 Å². The summed E-state index contributed by atoms with van der Waals surface area (Å²) in [5.74, 6) is 0.675. The molecule has 27 heavy (non-hydrogen) atoms. The third-order valence-corrected chi connectivity index (χ3v) is 4.08. The lowest BCUT2D eigenvalue weighted by molar-refractivity contribution is -0.123. The standard InChI is InChI=1S/C20H23N3O4/c1-3-21-18(24)12-27-16-10-9-13(11-17(16)26-4-2)19-22-15-8-6-5-7-14(15)20(25)23-19/h5-11,19,22H,3-4,12H2,1-2H3,(H,21,24)(H,23,25)/t19-/m1/s1. The molecule has 2 amide bonds. The van der Waals surface area contributed by atoms with Gasteiger partial charge in [-0.2, -0.15) is 0 Å². The summed E-state index contributed by atoms with van der Waals surface area (Å²) in [6, 6.07) is 12.7. The quantitative estimate of drug-likeness (QED) is 0.698. The first-order chi connectivity index (χ1) is 13.1. The van der Waals surface area contributed by atoms with Gasteiger partial charge in [-0.1, -0.05) is 18.2 Å². The van der Waals surface area contributed by atoms with Crippen molar-refractivity contribution in [2.45, 2.75) is 20.0 Å². The molecule has 3 rings (SSSR count). The first-order valence-electron chi connectivity index (χ1n) is 8.95. The number of hydrogen-bond donors (Lipinski definition) is 3. The van der Waals surface area contributed by atoms with E-state index in [2.05, 4.69) is 16.0 Å². The average Bonchev–Trinajstić information content (AvgIpc) is 2.67. The lowest BCUT2D eigenvalue weighted by atomic mass is 10.1. The van der Waals surface area contributed by atoms with Crippen LogP contribution in [0.2, 0.25) is 0 Å². The Labute approximate surface area is 158 Å². The molecule has 7 nitrogen and oxygen atoms in total. The maximum Gasteiger partial charge on any atom is 0.257 e. The van der Waals surface area contributed by atoms with Crippen molar-refractivity contribution in [1.29, 1.82) is 0 Å². The number of amides is 2. The minimum Gasteiger partial charge on any atom is -0.490 e. The van der Waals surface area contributed by atoms with Gasteiger partial charge in [0.15, 0.2) is 18.1 Å². The zero-order chi connectivity index (χ0) is 19.2. The van der Waals surface area contributed by atoms with Gasteiger partial charge in [0.1, 0.15) is 6.17 Å². The third-order valence-electron chi connectivity index (χ3n) is 4.08. The van der Waals surface area contributed by atoms with Crippen molar-refractivity contribution in [3.8, 4) is 11.5 Å². The van der Waals surface area contributed by atoms with Crippen LogP contribution in [-0.2, 0) is 4.79 Å². The monoisotopic (exact) mass is 369 g/mol. The highest BCUT2D eigenvalue weighted by atomic mass is 16.5. The van der Waals surface area contributed by atoms with Crippen molar-refractivity contribution in [3.63, 3.8) is 0 Å². The van der Waals surface area contributed by atoms with Gasteiger partial charge in [-0.25, -0.2) is 0 Å². The average molecular weight is 369 g/mol. The second kappa shape index (κ2) is 8.44. The Morgan fingerprint density at radius 3 is 2.67 bits per heavy atom. The summed E-state index contributed by atoms with van der Waals surface area (Å²) in [6.07, 6.45) is -0.385. The number of anilines is 1. The third kappa shape index (κ3) is 4.31. The number of para-hydroxylation sites is 1. The molecule has 2 aromatic carbocycles. The number of likely N-dealkylation sites (N-methyl/N-ethyl adjacent to an activating group) is 1. The summed E-state index contributed by atoms with van der Waals surface area (Å²) in [4.78, 5) is 24.0. The summed E-state index contributed by atoms with van der Waals surface area (Å²) in [6.45, 7) is 4.64. The van der Waals surface area contributed by atoms with Crippen LogP contribution in [0.3, 0.4) is 0 Å². The minimum absolute atomic E-state index is 0.0843. The van der Waals surface area contributed by atoms with Gasteiger partial charge in [0.25, 0.3) is 11.8 Å². The van der Waals surface area contributed by atoms with Crippen LogP contribution < -0.4 is 25.4 Å². The molecule has 0 aliphatic carbocycles. The Kier molecular flexibility index (Phi) is 5.80. The molecular weight excluding hydrogens is 346 g/mol. The molecule has 7 heteroatoms. The van der Waals surface area contributed by atoms with Gasteiger partial charge in [-0.15, -0.1) is 0 Å². The molecule has 142 valence electrons. The number of ether oxygens (including phenoxy) is 2. The second-order valence-corrected chi connectivity index (χ2v) is 5.98. The number of nitrogens with one attached hydrogen (secondary N) is 3. The van der Waals surface area contributed by atoms with Gasteiger partial charge in [0, 0.05) is 12.2 Å².